The summed E-state index contributed by atoms with van der Waals surface area (Å²) in [5.74, 6) is 0.0875. The van der Waals surface area contributed by atoms with Gasteiger partial charge in [-0.3, -0.25) is 0 Å². The molecule has 4 heteroatoms. The summed E-state index contributed by atoms with van der Waals surface area (Å²) in [6.07, 6.45) is 0. The lowest BCUT2D eigenvalue weighted by molar-refractivity contribution is 0.419. The maximum Gasteiger partial charge on any atom is 0.130 e. The molecule has 0 spiro atoms. The van der Waals surface area contributed by atoms with Gasteiger partial charge in [0.25, 0.3) is 0 Å². The van der Waals surface area contributed by atoms with E-state index in [0.717, 1.165) is 44.4 Å². The van der Waals surface area contributed by atoms with Gasteiger partial charge in [0.15, 0.2) is 0 Å². The second-order valence-electron chi connectivity index (χ2n) is 7.51. The van der Waals surface area contributed by atoms with Crippen LogP contribution in [0.3, 0.4) is 0 Å². The van der Waals surface area contributed by atoms with E-state index in [9.17, 15) is 8.78 Å². The summed E-state index contributed by atoms with van der Waals surface area (Å²) in [7, 11) is 1.63. The number of fused-ring (bicyclic) bond motifs is 1. The molecule has 0 aliphatic heterocycles. The molecule has 0 bridgehead atoms. The van der Waals surface area contributed by atoms with Crippen LogP contribution in [0.25, 0.3) is 44.4 Å². The molecule has 0 aliphatic carbocycles. The van der Waals surface area contributed by atoms with Crippen LogP contribution in [0.2, 0.25) is 0 Å². The van der Waals surface area contributed by atoms with E-state index < -0.39 is 0 Å². The Morgan fingerprint density at radius 3 is 1.88 bits per heavy atom. The quantitative estimate of drug-likeness (QED) is 0.298. The third-order valence-electron chi connectivity index (χ3n) is 5.50. The van der Waals surface area contributed by atoms with Gasteiger partial charge in [-0.1, -0.05) is 54.6 Å². The van der Waals surface area contributed by atoms with Crippen molar-refractivity contribution in [3.05, 3.63) is 109 Å². The van der Waals surface area contributed by atoms with Gasteiger partial charge in [-0.2, -0.15) is 0 Å². The van der Waals surface area contributed by atoms with Gasteiger partial charge >= 0.3 is 0 Å². The molecule has 0 fully saturated rings. The molecule has 4 aromatic carbocycles. The van der Waals surface area contributed by atoms with Gasteiger partial charge in [-0.05, 0) is 53.1 Å². The van der Waals surface area contributed by atoms with Crippen LogP contribution in [0.15, 0.2) is 97.1 Å². The topological polar surface area (TPSA) is 22.1 Å². The largest absolute Gasteiger partial charge is 0.496 e. The Bertz CT molecular complexity index is 1400. The van der Waals surface area contributed by atoms with Gasteiger partial charge in [-0.15, -0.1) is 0 Å². The minimum atomic E-state index is -0.303. The summed E-state index contributed by atoms with van der Waals surface area (Å²) in [5.41, 5.74) is 5.95. The second kappa shape index (κ2) is 8.23. The van der Waals surface area contributed by atoms with Gasteiger partial charge in [0.2, 0.25) is 0 Å². The van der Waals surface area contributed by atoms with Crippen molar-refractivity contribution < 1.29 is 13.5 Å². The summed E-state index contributed by atoms with van der Waals surface area (Å²) < 4.78 is 32.9. The van der Waals surface area contributed by atoms with Gasteiger partial charge < -0.3 is 4.74 Å². The lowest BCUT2D eigenvalue weighted by Gasteiger charge is -2.15. The Hall–Kier alpha value is -4.05. The molecule has 0 unspecified atom stereocenters. The summed E-state index contributed by atoms with van der Waals surface area (Å²) in [5, 5.41) is 0.827. The Morgan fingerprint density at radius 1 is 0.625 bits per heavy atom. The highest BCUT2D eigenvalue weighted by atomic mass is 19.1. The molecule has 1 heterocycles. The summed E-state index contributed by atoms with van der Waals surface area (Å²) in [4.78, 5) is 4.97. The predicted octanol–water partition coefficient (Wildman–Crippen LogP) is 7.52. The van der Waals surface area contributed by atoms with Crippen molar-refractivity contribution in [1.82, 2.24) is 4.98 Å². The van der Waals surface area contributed by atoms with Gasteiger partial charge in [-0.25, -0.2) is 13.8 Å². The van der Waals surface area contributed by atoms with Crippen molar-refractivity contribution in [2.24, 2.45) is 0 Å². The van der Waals surface area contributed by atoms with E-state index >= 15 is 0 Å². The molecule has 0 radical (unpaired) electrons. The Balaban J connectivity index is 1.83. The van der Waals surface area contributed by atoms with E-state index in [0.29, 0.717) is 5.75 Å². The van der Waals surface area contributed by atoms with Crippen molar-refractivity contribution >= 4 is 10.9 Å². The fraction of sp³-hybridized carbons (Fsp3) is 0.0357. The van der Waals surface area contributed by atoms with Gasteiger partial charge in [0.1, 0.15) is 17.4 Å². The number of halogens is 2. The zero-order valence-electron chi connectivity index (χ0n) is 17.3. The van der Waals surface area contributed by atoms with Gasteiger partial charge in [0, 0.05) is 22.6 Å². The zero-order chi connectivity index (χ0) is 22.1. The highest BCUT2D eigenvalue weighted by Gasteiger charge is 2.15. The predicted molar refractivity (Wildman–Crippen MR) is 125 cm³/mol. The van der Waals surface area contributed by atoms with Crippen molar-refractivity contribution in [2.75, 3.05) is 7.11 Å². The average Bonchev–Trinajstić information content (AvgIpc) is 2.84. The summed E-state index contributed by atoms with van der Waals surface area (Å²) in [6, 6.07) is 28.5. The van der Waals surface area contributed by atoms with E-state index in [1.165, 1.54) is 24.3 Å². The third-order valence-corrected chi connectivity index (χ3v) is 5.50. The van der Waals surface area contributed by atoms with Crippen LogP contribution in [0.4, 0.5) is 8.78 Å². The lowest BCUT2D eigenvalue weighted by atomic mass is 9.94. The lowest BCUT2D eigenvalue weighted by Crippen LogP contribution is -1.95. The van der Waals surface area contributed by atoms with Crippen molar-refractivity contribution in [2.45, 2.75) is 0 Å². The number of pyridine rings is 1. The van der Waals surface area contributed by atoms with Crippen LogP contribution in [-0.4, -0.2) is 12.1 Å². The fourth-order valence-electron chi connectivity index (χ4n) is 3.88. The maximum atomic E-state index is 13.6. The van der Waals surface area contributed by atoms with E-state index in [1.54, 1.807) is 31.4 Å². The van der Waals surface area contributed by atoms with Crippen LogP contribution in [0.5, 0.6) is 5.75 Å². The molecule has 32 heavy (non-hydrogen) atoms. The highest BCUT2D eigenvalue weighted by Crippen LogP contribution is 2.39. The Kier molecular flexibility index (Phi) is 5.12. The number of benzene rings is 4. The van der Waals surface area contributed by atoms with Crippen LogP contribution in [0, 0.1) is 11.6 Å². The van der Waals surface area contributed by atoms with Crippen LogP contribution >= 0.6 is 0 Å². The van der Waals surface area contributed by atoms with Crippen molar-refractivity contribution in [1.29, 1.82) is 0 Å². The standard InChI is InChI=1S/C28H19F2NO/c1-32-27-17-26(20-5-3-2-4-6-20)31-28-24(19-9-13-23(30)14-10-19)15-21(16-25(27)28)18-7-11-22(29)12-8-18/h2-17H,1H3. The number of rotatable bonds is 4. The van der Waals surface area contributed by atoms with E-state index in [2.05, 4.69) is 0 Å². The van der Waals surface area contributed by atoms with Crippen molar-refractivity contribution in [3.63, 3.8) is 0 Å². The monoisotopic (exact) mass is 423 g/mol. The Morgan fingerprint density at radius 2 is 1.25 bits per heavy atom. The smallest absolute Gasteiger partial charge is 0.130 e. The second-order valence-corrected chi connectivity index (χ2v) is 7.51. The summed E-state index contributed by atoms with van der Waals surface area (Å²) in [6.45, 7) is 0. The minimum absolute atomic E-state index is 0.292. The summed E-state index contributed by atoms with van der Waals surface area (Å²) >= 11 is 0. The molecule has 0 amide bonds. The van der Waals surface area contributed by atoms with Crippen molar-refractivity contribution in [3.8, 4) is 39.3 Å². The molecule has 1 aromatic heterocycles. The van der Waals surface area contributed by atoms with Crippen LogP contribution in [0.1, 0.15) is 0 Å². The fourth-order valence-corrected chi connectivity index (χ4v) is 3.88. The molecule has 2 nitrogen and oxygen atoms in total. The first kappa shape index (κ1) is 19.9. The van der Waals surface area contributed by atoms with Crippen LogP contribution < -0.4 is 4.74 Å². The van der Waals surface area contributed by atoms with Crippen LogP contribution in [-0.2, 0) is 0 Å². The molecule has 0 atom stereocenters. The molecule has 0 saturated heterocycles. The molecular weight excluding hydrogens is 404 g/mol. The minimum Gasteiger partial charge on any atom is -0.496 e. The van der Waals surface area contributed by atoms with E-state index in [4.69, 9.17) is 9.72 Å². The number of hydrogen-bond donors (Lipinski definition) is 0. The molecule has 156 valence electrons. The van der Waals surface area contributed by atoms with Gasteiger partial charge in [0.05, 0.1) is 18.3 Å². The SMILES string of the molecule is COc1cc(-c2ccccc2)nc2c(-c3ccc(F)cc3)cc(-c3ccc(F)cc3)cc12. The highest BCUT2D eigenvalue weighted by molar-refractivity contribution is 6.01. The first-order chi connectivity index (χ1) is 15.6. The number of aromatic nitrogens is 1. The van der Waals surface area contributed by atoms with E-state index in [-0.39, 0.29) is 11.6 Å². The third kappa shape index (κ3) is 3.71. The van der Waals surface area contributed by atoms with E-state index in [1.807, 2.05) is 48.5 Å². The molecule has 5 aromatic rings. The maximum absolute atomic E-state index is 13.6. The zero-order valence-corrected chi connectivity index (χ0v) is 17.3. The first-order valence-electron chi connectivity index (χ1n) is 10.2. The number of methoxy groups -OCH3 is 1. The average molecular weight is 423 g/mol. The first-order valence-corrected chi connectivity index (χ1v) is 10.2. The molecular formula is C28H19F2NO. The molecule has 5 rings (SSSR count). The number of hydrogen-bond acceptors (Lipinski definition) is 2. The normalized spacial score (nSPS) is 11.0. The Labute approximate surface area is 184 Å². The molecule has 0 N–H and O–H groups in total. The number of ether oxygens (including phenoxy) is 1. The number of nitrogens with zero attached hydrogens (tertiary/aromatic N) is 1. The molecule has 0 saturated carbocycles. The molecule has 0 aliphatic rings.